The molecule has 2 aromatic heterocycles. The van der Waals surface area contributed by atoms with Gasteiger partial charge >= 0.3 is 0 Å². The van der Waals surface area contributed by atoms with Crippen molar-refractivity contribution in [3.63, 3.8) is 0 Å². The lowest BCUT2D eigenvalue weighted by Gasteiger charge is -2.32. The van der Waals surface area contributed by atoms with Crippen molar-refractivity contribution in [1.29, 1.82) is 0 Å². The zero-order chi connectivity index (χ0) is 20.6. The third-order valence-electron chi connectivity index (χ3n) is 5.19. The van der Waals surface area contributed by atoms with Crippen LogP contribution in [0.1, 0.15) is 48.2 Å². The van der Waals surface area contributed by atoms with E-state index >= 15 is 0 Å². The highest BCUT2D eigenvalue weighted by Gasteiger charge is 2.38. The Kier molecular flexibility index (Phi) is 5.50. The monoisotopic (exact) mass is 434 g/mol. The molecular weight excluding hydrogens is 412 g/mol. The highest BCUT2D eigenvalue weighted by molar-refractivity contribution is 7.89. The third-order valence-corrected chi connectivity index (χ3v) is 7.57. The summed E-state index contributed by atoms with van der Waals surface area (Å²) in [5, 5.41) is 4.85. The lowest BCUT2D eigenvalue weighted by Crippen LogP contribution is -2.38. The van der Waals surface area contributed by atoms with Crippen LogP contribution < -0.4 is 0 Å². The van der Waals surface area contributed by atoms with E-state index in [0.717, 1.165) is 18.4 Å². The van der Waals surface area contributed by atoms with Gasteiger partial charge < -0.3 is 4.42 Å². The summed E-state index contributed by atoms with van der Waals surface area (Å²) in [5.41, 5.74) is 1.43. The summed E-state index contributed by atoms with van der Waals surface area (Å²) in [5.74, 6) is 1.09. The van der Waals surface area contributed by atoms with Crippen LogP contribution in [0.4, 0.5) is 0 Å². The summed E-state index contributed by atoms with van der Waals surface area (Å²) in [7, 11) is -1.98. The van der Waals surface area contributed by atoms with Crippen LogP contribution in [0, 0.1) is 6.92 Å². The molecule has 0 amide bonds. The molecule has 1 unspecified atom stereocenters. The largest absolute Gasteiger partial charge is 0.444 e. The number of halogens is 1. The van der Waals surface area contributed by atoms with Crippen molar-refractivity contribution < 1.29 is 12.8 Å². The molecule has 1 aliphatic rings. The Morgan fingerprint density at radius 3 is 2.79 bits per heavy atom. The molecule has 0 aliphatic carbocycles. The number of benzene rings is 1. The van der Waals surface area contributed by atoms with Gasteiger partial charge in [-0.05, 0) is 31.4 Å². The lowest BCUT2D eigenvalue weighted by molar-refractivity contribution is 0.216. The van der Waals surface area contributed by atoms with Crippen molar-refractivity contribution in [2.24, 2.45) is 7.05 Å². The van der Waals surface area contributed by atoms with Gasteiger partial charge in [0.1, 0.15) is 16.7 Å². The molecule has 0 bridgehead atoms. The molecule has 1 aromatic carbocycles. The van der Waals surface area contributed by atoms with Gasteiger partial charge in [-0.25, -0.2) is 13.4 Å². The summed E-state index contributed by atoms with van der Waals surface area (Å²) < 4.78 is 35.7. The summed E-state index contributed by atoms with van der Waals surface area (Å²) in [6.45, 7) is 2.14. The standard InChI is InChI=1S/C20H23ClN4O3S/c1-14-19(13-24(2)23-14)29(26,27)25-10-6-5-9-18(25)20-22-12-16(28-20)11-15-7-3-4-8-17(15)21/h3-4,7-8,12-13,18H,5-6,9-11H2,1-2H3. The Hall–Kier alpha value is -2.16. The minimum absolute atomic E-state index is 0.231. The smallest absolute Gasteiger partial charge is 0.247 e. The molecule has 0 N–H and O–H groups in total. The number of oxazole rings is 1. The fraction of sp³-hybridized carbons (Fsp3) is 0.400. The SMILES string of the molecule is Cc1nn(C)cc1S(=O)(=O)N1CCCCC1c1ncc(Cc2ccccc2Cl)o1. The number of piperidine rings is 1. The molecule has 0 saturated carbocycles. The van der Waals surface area contributed by atoms with Gasteiger partial charge in [-0.2, -0.15) is 9.40 Å². The maximum absolute atomic E-state index is 13.3. The van der Waals surface area contributed by atoms with Crippen LogP contribution in [0.2, 0.25) is 5.02 Å². The van der Waals surface area contributed by atoms with Gasteiger partial charge in [0.2, 0.25) is 15.9 Å². The first-order valence-electron chi connectivity index (χ1n) is 9.56. The van der Waals surface area contributed by atoms with Crippen molar-refractivity contribution in [3.05, 3.63) is 64.6 Å². The second-order valence-electron chi connectivity index (χ2n) is 7.31. The Morgan fingerprint density at radius 2 is 2.07 bits per heavy atom. The number of aryl methyl sites for hydroxylation is 2. The number of sulfonamides is 1. The van der Waals surface area contributed by atoms with Gasteiger partial charge in [-0.3, -0.25) is 4.68 Å². The molecule has 9 heteroatoms. The molecule has 1 atom stereocenters. The van der Waals surface area contributed by atoms with Gasteiger partial charge in [0.25, 0.3) is 0 Å². The average Bonchev–Trinajstić information content (AvgIpc) is 3.30. The second-order valence-corrected chi connectivity index (χ2v) is 9.58. The van der Waals surface area contributed by atoms with Crippen molar-refractivity contribution in [1.82, 2.24) is 19.1 Å². The third kappa shape index (κ3) is 3.97. The molecule has 7 nitrogen and oxygen atoms in total. The molecule has 4 rings (SSSR count). The van der Waals surface area contributed by atoms with Gasteiger partial charge in [-0.1, -0.05) is 36.2 Å². The van der Waals surface area contributed by atoms with Gasteiger partial charge in [0, 0.05) is 31.2 Å². The number of nitrogens with zero attached hydrogens (tertiary/aromatic N) is 4. The quantitative estimate of drug-likeness (QED) is 0.608. The van der Waals surface area contributed by atoms with Crippen LogP contribution >= 0.6 is 11.6 Å². The van der Waals surface area contributed by atoms with E-state index in [-0.39, 0.29) is 4.90 Å². The number of aromatic nitrogens is 3. The molecule has 1 saturated heterocycles. The molecule has 29 heavy (non-hydrogen) atoms. The maximum atomic E-state index is 13.3. The normalized spacial score (nSPS) is 18.2. The van der Waals surface area contributed by atoms with E-state index in [1.165, 1.54) is 8.99 Å². The molecule has 0 spiro atoms. The fourth-order valence-electron chi connectivity index (χ4n) is 3.78. The van der Waals surface area contributed by atoms with E-state index in [0.29, 0.717) is 41.8 Å². The molecule has 1 aliphatic heterocycles. The first-order chi connectivity index (χ1) is 13.9. The number of rotatable bonds is 5. The summed E-state index contributed by atoms with van der Waals surface area (Å²) in [6.07, 6.45) is 6.12. The van der Waals surface area contributed by atoms with E-state index in [2.05, 4.69) is 10.1 Å². The van der Waals surface area contributed by atoms with Crippen molar-refractivity contribution >= 4 is 21.6 Å². The summed E-state index contributed by atoms with van der Waals surface area (Å²) in [6, 6.07) is 7.15. The van der Waals surface area contributed by atoms with Gasteiger partial charge in [-0.15, -0.1) is 0 Å². The van der Waals surface area contributed by atoms with Crippen LogP contribution in [0.3, 0.4) is 0 Å². The first kappa shape index (κ1) is 20.1. The van der Waals surface area contributed by atoms with Crippen LogP contribution in [0.5, 0.6) is 0 Å². The lowest BCUT2D eigenvalue weighted by atomic mass is 10.1. The maximum Gasteiger partial charge on any atom is 0.247 e. The average molecular weight is 435 g/mol. The molecule has 3 heterocycles. The molecule has 3 aromatic rings. The van der Waals surface area contributed by atoms with Crippen LogP contribution in [0.15, 0.2) is 46.0 Å². The fourth-order valence-corrected chi connectivity index (χ4v) is 5.84. The Morgan fingerprint density at radius 1 is 1.28 bits per heavy atom. The van der Waals surface area contributed by atoms with Crippen LogP contribution in [-0.4, -0.2) is 34.0 Å². The highest BCUT2D eigenvalue weighted by Crippen LogP contribution is 2.36. The van der Waals surface area contributed by atoms with Gasteiger partial charge in [0.15, 0.2) is 0 Å². The topological polar surface area (TPSA) is 81.2 Å². The first-order valence-corrected chi connectivity index (χ1v) is 11.4. The van der Waals surface area contributed by atoms with Crippen LogP contribution in [-0.2, 0) is 23.5 Å². The zero-order valence-electron chi connectivity index (χ0n) is 16.4. The zero-order valence-corrected chi connectivity index (χ0v) is 17.9. The molecular formula is C20H23ClN4O3S. The summed E-state index contributed by atoms with van der Waals surface area (Å²) >= 11 is 6.24. The van der Waals surface area contributed by atoms with E-state index in [1.807, 2.05) is 24.3 Å². The van der Waals surface area contributed by atoms with Gasteiger partial charge in [0.05, 0.1) is 11.9 Å². The van der Waals surface area contributed by atoms with E-state index in [9.17, 15) is 8.42 Å². The molecule has 0 radical (unpaired) electrons. The predicted octanol–water partition coefficient (Wildman–Crippen LogP) is 3.88. The molecule has 1 fully saturated rings. The van der Waals surface area contributed by atoms with E-state index in [4.69, 9.17) is 16.0 Å². The van der Waals surface area contributed by atoms with Crippen molar-refractivity contribution in [3.8, 4) is 0 Å². The number of hydrogen-bond donors (Lipinski definition) is 0. The predicted molar refractivity (Wildman–Crippen MR) is 109 cm³/mol. The minimum Gasteiger partial charge on any atom is -0.444 e. The summed E-state index contributed by atoms with van der Waals surface area (Å²) in [4.78, 5) is 4.65. The van der Waals surface area contributed by atoms with Crippen LogP contribution in [0.25, 0.3) is 0 Å². The van der Waals surface area contributed by atoms with Crippen molar-refractivity contribution in [2.75, 3.05) is 6.54 Å². The van der Waals surface area contributed by atoms with Crippen molar-refractivity contribution in [2.45, 2.75) is 43.5 Å². The molecule has 154 valence electrons. The second kappa shape index (κ2) is 7.93. The van der Waals surface area contributed by atoms with E-state index < -0.39 is 16.1 Å². The van der Waals surface area contributed by atoms with E-state index in [1.54, 1.807) is 26.4 Å². The minimum atomic E-state index is -3.70. The Bertz CT molecular complexity index is 1120. The Labute approximate surface area is 175 Å². The number of hydrogen-bond acceptors (Lipinski definition) is 5. The Balaban J connectivity index is 1.62. The highest BCUT2D eigenvalue weighted by atomic mass is 35.5.